The second-order valence-electron chi connectivity index (χ2n) is 7.23. The monoisotopic (exact) mass is 450 g/mol. The molecule has 1 fully saturated rings. The van der Waals surface area contributed by atoms with Crippen LogP contribution >= 0.6 is 11.6 Å². The lowest BCUT2D eigenvalue weighted by molar-refractivity contribution is -0.137. The molecule has 3 aromatic rings. The van der Waals surface area contributed by atoms with Crippen LogP contribution in [0.15, 0.2) is 53.1 Å². The maximum absolute atomic E-state index is 12.6. The normalized spacial score (nSPS) is 15.2. The van der Waals surface area contributed by atoms with E-state index in [9.17, 15) is 18.0 Å². The van der Waals surface area contributed by atoms with Crippen molar-refractivity contribution in [3.63, 3.8) is 0 Å². The van der Waals surface area contributed by atoms with E-state index >= 15 is 0 Å². The highest BCUT2D eigenvalue weighted by molar-refractivity contribution is 6.30. The fourth-order valence-corrected chi connectivity index (χ4v) is 3.61. The van der Waals surface area contributed by atoms with Crippen molar-refractivity contribution in [3.8, 4) is 11.4 Å². The quantitative estimate of drug-likeness (QED) is 0.545. The second-order valence-corrected chi connectivity index (χ2v) is 7.67. The first-order valence-electron chi connectivity index (χ1n) is 9.62. The molecule has 0 saturated carbocycles. The molecular formula is C21H18ClF3N4O2. The number of rotatable bonds is 3. The third-order valence-electron chi connectivity index (χ3n) is 5.12. The SMILES string of the molecule is O=C(Nc1ccc(C(F)(F)F)cc1)N1CCC(c2nc(-c3cccc(Cl)c3)no2)CC1. The van der Waals surface area contributed by atoms with Gasteiger partial charge in [0, 0.05) is 35.3 Å². The summed E-state index contributed by atoms with van der Waals surface area (Å²) in [6, 6.07) is 11.2. The van der Waals surface area contributed by atoms with Crippen LogP contribution in [-0.4, -0.2) is 34.2 Å². The van der Waals surface area contributed by atoms with Crippen molar-refractivity contribution in [1.29, 1.82) is 0 Å². The van der Waals surface area contributed by atoms with Crippen LogP contribution in [-0.2, 0) is 6.18 Å². The van der Waals surface area contributed by atoms with Crippen molar-refractivity contribution in [2.24, 2.45) is 0 Å². The van der Waals surface area contributed by atoms with E-state index in [4.69, 9.17) is 16.1 Å². The van der Waals surface area contributed by atoms with E-state index < -0.39 is 11.7 Å². The minimum Gasteiger partial charge on any atom is -0.339 e. The number of likely N-dealkylation sites (tertiary alicyclic amines) is 1. The number of nitrogens with one attached hydrogen (secondary N) is 1. The van der Waals surface area contributed by atoms with Crippen LogP contribution in [0.1, 0.15) is 30.2 Å². The molecule has 0 atom stereocenters. The number of carbonyl (C=O) groups is 1. The molecule has 1 aromatic heterocycles. The Morgan fingerprint density at radius 2 is 1.84 bits per heavy atom. The lowest BCUT2D eigenvalue weighted by Crippen LogP contribution is -2.40. The van der Waals surface area contributed by atoms with E-state index in [2.05, 4.69) is 15.5 Å². The number of carbonyl (C=O) groups excluding carboxylic acids is 1. The van der Waals surface area contributed by atoms with E-state index in [0.29, 0.717) is 48.4 Å². The van der Waals surface area contributed by atoms with Gasteiger partial charge in [-0.1, -0.05) is 28.9 Å². The third-order valence-corrected chi connectivity index (χ3v) is 5.35. The largest absolute Gasteiger partial charge is 0.416 e. The molecule has 0 aliphatic carbocycles. The van der Waals surface area contributed by atoms with Gasteiger partial charge in [-0.25, -0.2) is 4.79 Å². The number of amides is 2. The Labute approximate surface area is 181 Å². The van der Waals surface area contributed by atoms with E-state index in [1.165, 1.54) is 12.1 Å². The zero-order valence-corrected chi connectivity index (χ0v) is 17.0. The highest BCUT2D eigenvalue weighted by atomic mass is 35.5. The first-order valence-corrected chi connectivity index (χ1v) is 10.00. The summed E-state index contributed by atoms with van der Waals surface area (Å²) in [6.07, 6.45) is -3.14. The molecule has 1 N–H and O–H groups in total. The van der Waals surface area contributed by atoms with Crippen molar-refractivity contribution in [1.82, 2.24) is 15.0 Å². The topological polar surface area (TPSA) is 71.3 Å². The number of anilines is 1. The molecule has 2 aromatic carbocycles. The van der Waals surface area contributed by atoms with Crippen molar-refractivity contribution in [2.45, 2.75) is 24.9 Å². The summed E-state index contributed by atoms with van der Waals surface area (Å²) >= 11 is 6.00. The van der Waals surface area contributed by atoms with Crippen LogP contribution in [0.25, 0.3) is 11.4 Å². The molecule has 4 rings (SSSR count). The number of piperidine rings is 1. The second kappa shape index (κ2) is 8.58. The van der Waals surface area contributed by atoms with Gasteiger partial charge in [0.05, 0.1) is 5.56 Å². The molecular weight excluding hydrogens is 433 g/mol. The first kappa shape index (κ1) is 21.2. The molecule has 0 unspecified atom stereocenters. The fourth-order valence-electron chi connectivity index (χ4n) is 3.42. The molecule has 6 nitrogen and oxygen atoms in total. The Bertz CT molecular complexity index is 1060. The number of halogens is 4. The summed E-state index contributed by atoms with van der Waals surface area (Å²) in [5, 5.41) is 7.23. The van der Waals surface area contributed by atoms with Crippen LogP contribution < -0.4 is 5.32 Å². The minimum absolute atomic E-state index is 0.0237. The number of hydrogen-bond donors (Lipinski definition) is 1. The number of urea groups is 1. The van der Waals surface area contributed by atoms with Crippen molar-refractivity contribution in [3.05, 3.63) is 65.0 Å². The fraction of sp³-hybridized carbons (Fsp3) is 0.286. The zero-order valence-electron chi connectivity index (χ0n) is 16.2. The molecule has 2 amide bonds. The average Bonchev–Trinajstić information content (AvgIpc) is 3.24. The molecule has 1 aliphatic rings. The Hall–Kier alpha value is -3.07. The van der Waals surface area contributed by atoms with Crippen LogP contribution in [0.4, 0.5) is 23.7 Å². The number of benzene rings is 2. The van der Waals surface area contributed by atoms with Gasteiger partial charge in [0.2, 0.25) is 11.7 Å². The van der Waals surface area contributed by atoms with Crippen molar-refractivity contribution >= 4 is 23.3 Å². The Kier molecular flexibility index (Phi) is 5.86. The van der Waals surface area contributed by atoms with Gasteiger partial charge in [-0.15, -0.1) is 0 Å². The summed E-state index contributed by atoms with van der Waals surface area (Å²) in [6.45, 7) is 0.929. The molecule has 2 heterocycles. The number of aromatic nitrogens is 2. The lowest BCUT2D eigenvalue weighted by Gasteiger charge is -2.30. The van der Waals surface area contributed by atoms with Gasteiger partial charge in [0.25, 0.3) is 0 Å². The van der Waals surface area contributed by atoms with Crippen LogP contribution in [0.5, 0.6) is 0 Å². The van der Waals surface area contributed by atoms with Crippen LogP contribution in [0.3, 0.4) is 0 Å². The number of hydrogen-bond acceptors (Lipinski definition) is 4. The molecule has 1 saturated heterocycles. The zero-order chi connectivity index (χ0) is 22.0. The average molecular weight is 451 g/mol. The van der Waals surface area contributed by atoms with Gasteiger partial charge >= 0.3 is 12.2 Å². The minimum atomic E-state index is -4.41. The highest BCUT2D eigenvalue weighted by Crippen LogP contribution is 2.31. The van der Waals surface area contributed by atoms with Gasteiger partial charge in [-0.05, 0) is 49.2 Å². The van der Waals surface area contributed by atoms with Gasteiger partial charge < -0.3 is 14.7 Å². The predicted octanol–water partition coefficient (Wildman–Crippen LogP) is 5.82. The molecule has 10 heteroatoms. The molecule has 0 radical (unpaired) electrons. The molecule has 1 aliphatic heterocycles. The number of nitrogens with zero attached hydrogens (tertiary/aromatic N) is 3. The molecule has 31 heavy (non-hydrogen) atoms. The Morgan fingerprint density at radius 3 is 2.48 bits per heavy atom. The summed E-state index contributed by atoms with van der Waals surface area (Å²) < 4.78 is 43.4. The summed E-state index contributed by atoms with van der Waals surface area (Å²) in [5.41, 5.74) is 0.307. The smallest absolute Gasteiger partial charge is 0.339 e. The van der Waals surface area contributed by atoms with Crippen LogP contribution in [0.2, 0.25) is 5.02 Å². The van der Waals surface area contributed by atoms with E-state index in [0.717, 1.165) is 17.7 Å². The van der Waals surface area contributed by atoms with Crippen molar-refractivity contribution in [2.75, 3.05) is 18.4 Å². The molecule has 162 valence electrons. The summed E-state index contributed by atoms with van der Waals surface area (Å²) in [4.78, 5) is 18.5. The standard InChI is InChI=1S/C21H18ClF3N4O2/c22-16-3-1-2-14(12-16)18-27-19(31-28-18)13-8-10-29(11-9-13)20(30)26-17-6-4-15(5-7-17)21(23,24)25/h1-7,12-13H,8-11H2,(H,26,30). The molecule has 0 spiro atoms. The Morgan fingerprint density at radius 1 is 1.13 bits per heavy atom. The Balaban J connectivity index is 1.33. The van der Waals surface area contributed by atoms with Gasteiger partial charge in [0.1, 0.15) is 0 Å². The summed E-state index contributed by atoms with van der Waals surface area (Å²) in [7, 11) is 0. The number of alkyl halides is 3. The van der Waals surface area contributed by atoms with Gasteiger partial charge in [-0.2, -0.15) is 18.2 Å². The van der Waals surface area contributed by atoms with Crippen LogP contribution in [0, 0.1) is 0 Å². The van der Waals surface area contributed by atoms with E-state index in [1.807, 2.05) is 12.1 Å². The summed E-state index contributed by atoms with van der Waals surface area (Å²) in [5.74, 6) is 0.994. The highest BCUT2D eigenvalue weighted by Gasteiger charge is 2.30. The van der Waals surface area contributed by atoms with Crippen molar-refractivity contribution < 1.29 is 22.5 Å². The maximum Gasteiger partial charge on any atom is 0.416 e. The van der Waals surface area contributed by atoms with E-state index in [1.54, 1.807) is 17.0 Å². The van der Waals surface area contributed by atoms with Gasteiger partial charge in [-0.3, -0.25) is 0 Å². The maximum atomic E-state index is 12.6. The lowest BCUT2D eigenvalue weighted by atomic mass is 9.97. The predicted molar refractivity (Wildman–Crippen MR) is 109 cm³/mol. The first-order chi connectivity index (χ1) is 14.8. The van der Waals surface area contributed by atoms with E-state index in [-0.39, 0.29) is 11.9 Å². The van der Waals surface area contributed by atoms with Gasteiger partial charge in [0.15, 0.2) is 0 Å². The molecule has 0 bridgehead atoms. The third kappa shape index (κ3) is 4.99.